The number of hydrogen-bond acceptors (Lipinski definition) is 3. The van der Waals surface area contributed by atoms with Gasteiger partial charge in [0.2, 0.25) is 5.89 Å². The van der Waals surface area contributed by atoms with Crippen molar-refractivity contribution >= 4 is 5.91 Å². The molecule has 1 aliphatic rings. The van der Waals surface area contributed by atoms with Crippen LogP contribution in [0.15, 0.2) is 76.9 Å². The molecule has 0 saturated carbocycles. The van der Waals surface area contributed by atoms with Gasteiger partial charge in [0.05, 0.1) is 11.8 Å². The van der Waals surface area contributed by atoms with Crippen molar-refractivity contribution in [2.75, 3.05) is 6.54 Å². The summed E-state index contributed by atoms with van der Waals surface area (Å²) < 4.78 is 5.95. The number of nitrogens with one attached hydrogen (secondary N) is 1. The number of allylic oxidation sites excluding steroid dienone is 1. The molecule has 4 heteroatoms. The van der Waals surface area contributed by atoms with Crippen LogP contribution in [0.25, 0.3) is 22.8 Å². The minimum Gasteiger partial charge on any atom is -0.436 e. The predicted octanol–water partition coefficient (Wildman–Crippen LogP) is 5.63. The van der Waals surface area contributed by atoms with Gasteiger partial charge in [-0.25, -0.2) is 4.98 Å². The first kappa shape index (κ1) is 18.2. The van der Waals surface area contributed by atoms with Crippen molar-refractivity contribution in [1.29, 1.82) is 0 Å². The quantitative estimate of drug-likeness (QED) is 0.571. The van der Waals surface area contributed by atoms with E-state index in [0.29, 0.717) is 29.3 Å². The molecule has 142 valence electrons. The van der Waals surface area contributed by atoms with Crippen LogP contribution in [-0.4, -0.2) is 17.4 Å². The Hall–Kier alpha value is -3.14. The second-order valence-corrected chi connectivity index (χ2v) is 7.06. The fourth-order valence-electron chi connectivity index (χ4n) is 3.57. The molecule has 0 fully saturated rings. The van der Waals surface area contributed by atoms with E-state index in [1.54, 1.807) is 6.20 Å². The van der Waals surface area contributed by atoms with Gasteiger partial charge < -0.3 is 9.73 Å². The molecule has 0 atom stereocenters. The Labute approximate surface area is 165 Å². The minimum atomic E-state index is -0.0912. The normalized spacial score (nSPS) is 13.8. The maximum Gasteiger partial charge on any atom is 0.252 e. The highest BCUT2D eigenvalue weighted by molar-refractivity contribution is 6.00. The highest BCUT2D eigenvalue weighted by atomic mass is 16.4. The van der Waals surface area contributed by atoms with E-state index in [1.807, 2.05) is 54.6 Å². The lowest BCUT2D eigenvalue weighted by Crippen LogP contribution is -2.25. The average Bonchev–Trinajstić information content (AvgIpc) is 3.25. The van der Waals surface area contributed by atoms with E-state index in [0.717, 1.165) is 18.4 Å². The molecular formula is C24H24N2O2. The summed E-state index contributed by atoms with van der Waals surface area (Å²) >= 11 is 0. The summed E-state index contributed by atoms with van der Waals surface area (Å²) in [7, 11) is 0. The Bertz CT molecular complexity index is 973. The number of rotatable bonds is 6. The average molecular weight is 372 g/mol. The van der Waals surface area contributed by atoms with Crippen molar-refractivity contribution in [1.82, 2.24) is 10.3 Å². The molecule has 0 aliphatic heterocycles. The molecule has 2 aromatic carbocycles. The van der Waals surface area contributed by atoms with Gasteiger partial charge in [0, 0.05) is 17.7 Å². The van der Waals surface area contributed by atoms with E-state index >= 15 is 0 Å². The van der Waals surface area contributed by atoms with Crippen molar-refractivity contribution < 1.29 is 9.21 Å². The molecule has 1 N–H and O–H groups in total. The minimum absolute atomic E-state index is 0.0912. The SMILES string of the molecule is O=C(NCCC1=CCCCC1)c1ccccc1-c1ncc(-c2ccccc2)o1. The van der Waals surface area contributed by atoms with Crippen molar-refractivity contribution in [2.24, 2.45) is 0 Å². The standard InChI is InChI=1S/C24H24N2O2/c27-23(25-16-15-18-9-3-1-4-10-18)20-13-7-8-14-21(20)24-26-17-22(28-24)19-11-5-2-6-12-19/h2,5-9,11-14,17H,1,3-4,10,15-16H2,(H,25,27). The highest BCUT2D eigenvalue weighted by Crippen LogP contribution is 2.28. The number of aromatic nitrogens is 1. The predicted molar refractivity (Wildman–Crippen MR) is 111 cm³/mol. The molecule has 4 nitrogen and oxygen atoms in total. The second kappa shape index (κ2) is 8.70. The van der Waals surface area contributed by atoms with Crippen LogP contribution in [0, 0.1) is 0 Å². The van der Waals surface area contributed by atoms with Crippen LogP contribution < -0.4 is 5.32 Å². The molecule has 1 amide bonds. The molecule has 28 heavy (non-hydrogen) atoms. The van der Waals surface area contributed by atoms with Gasteiger partial charge in [0.15, 0.2) is 5.76 Å². The second-order valence-electron chi connectivity index (χ2n) is 7.06. The lowest BCUT2D eigenvalue weighted by atomic mass is 9.97. The molecule has 3 aromatic rings. The number of hydrogen-bond donors (Lipinski definition) is 1. The fourth-order valence-corrected chi connectivity index (χ4v) is 3.57. The topological polar surface area (TPSA) is 55.1 Å². The third-order valence-corrected chi connectivity index (χ3v) is 5.08. The lowest BCUT2D eigenvalue weighted by Gasteiger charge is -2.13. The number of nitrogens with zero attached hydrogens (tertiary/aromatic N) is 1. The number of oxazole rings is 1. The van der Waals surface area contributed by atoms with Gasteiger partial charge in [-0.1, -0.05) is 54.1 Å². The summed E-state index contributed by atoms with van der Waals surface area (Å²) in [5, 5.41) is 3.05. The van der Waals surface area contributed by atoms with Gasteiger partial charge >= 0.3 is 0 Å². The first-order chi connectivity index (χ1) is 13.8. The van der Waals surface area contributed by atoms with Crippen LogP contribution in [0.3, 0.4) is 0 Å². The van der Waals surface area contributed by atoms with Gasteiger partial charge in [-0.15, -0.1) is 0 Å². The monoisotopic (exact) mass is 372 g/mol. The Kier molecular flexibility index (Phi) is 5.66. The van der Waals surface area contributed by atoms with E-state index in [1.165, 1.54) is 24.8 Å². The van der Waals surface area contributed by atoms with Crippen molar-refractivity contribution in [3.63, 3.8) is 0 Å². The summed E-state index contributed by atoms with van der Waals surface area (Å²) in [5.74, 6) is 1.06. The van der Waals surface area contributed by atoms with E-state index in [2.05, 4.69) is 16.4 Å². The number of carbonyl (C=O) groups is 1. The van der Waals surface area contributed by atoms with Gasteiger partial charge in [-0.3, -0.25) is 4.79 Å². The van der Waals surface area contributed by atoms with Gasteiger partial charge in [0.25, 0.3) is 5.91 Å². The highest BCUT2D eigenvalue weighted by Gasteiger charge is 2.17. The van der Waals surface area contributed by atoms with Crippen LogP contribution in [0.2, 0.25) is 0 Å². The summed E-state index contributed by atoms with van der Waals surface area (Å²) in [6, 6.07) is 17.3. The van der Waals surface area contributed by atoms with Gasteiger partial charge in [-0.05, 0) is 44.2 Å². The van der Waals surface area contributed by atoms with Crippen LogP contribution in [-0.2, 0) is 0 Å². The molecule has 4 rings (SSSR count). The van der Waals surface area contributed by atoms with Crippen molar-refractivity contribution in [2.45, 2.75) is 32.1 Å². The van der Waals surface area contributed by atoms with Crippen LogP contribution in [0.1, 0.15) is 42.5 Å². The lowest BCUT2D eigenvalue weighted by molar-refractivity contribution is 0.0954. The molecule has 0 spiro atoms. The van der Waals surface area contributed by atoms with Gasteiger partial charge in [-0.2, -0.15) is 0 Å². The summed E-state index contributed by atoms with van der Waals surface area (Å²) in [5.41, 5.74) is 3.71. The summed E-state index contributed by atoms with van der Waals surface area (Å²) in [6.45, 7) is 0.653. The largest absolute Gasteiger partial charge is 0.436 e. The van der Waals surface area contributed by atoms with E-state index in [4.69, 9.17) is 4.42 Å². The van der Waals surface area contributed by atoms with Crippen LogP contribution in [0.5, 0.6) is 0 Å². The number of benzene rings is 2. The fraction of sp³-hybridized carbons (Fsp3) is 0.250. The van der Waals surface area contributed by atoms with E-state index in [-0.39, 0.29) is 5.91 Å². The number of amides is 1. The van der Waals surface area contributed by atoms with Crippen LogP contribution >= 0.6 is 0 Å². The Balaban J connectivity index is 1.48. The van der Waals surface area contributed by atoms with E-state index < -0.39 is 0 Å². The molecule has 1 aromatic heterocycles. The summed E-state index contributed by atoms with van der Waals surface area (Å²) in [4.78, 5) is 17.2. The molecule has 1 aliphatic carbocycles. The molecular weight excluding hydrogens is 348 g/mol. The van der Waals surface area contributed by atoms with E-state index in [9.17, 15) is 4.79 Å². The molecule has 0 unspecified atom stereocenters. The third-order valence-electron chi connectivity index (χ3n) is 5.08. The molecule has 0 bridgehead atoms. The Morgan fingerprint density at radius 3 is 2.68 bits per heavy atom. The molecule has 0 radical (unpaired) electrons. The zero-order valence-corrected chi connectivity index (χ0v) is 15.9. The Morgan fingerprint density at radius 2 is 1.86 bits per heavy atom. The first-order valence-electron chi connectivity index (χ1n) is 9.88. The van der Waals surface area contributed by atoms with Crippen molar-refractivity contribution in [3.05, 3.63) is 78.0 Å². The third kappa shape index (κ3) is 4.22. The zero-order valence-electron chi connectivity index (χ0n) is 15.9. The smallest absolute Gasteiger partial charge is 0.252 e. The Morgan fingerprint density at radius 1 is 1.04 bits per heavy atom. The maximum absolute atomic E-state index is 12.8. The van der Waals surface area contributed by atoms with Crippen LogP contribution in [0.4, 0.5) is 0 Å². The molecule has 1 heterocycles. The summed E-state index contributed by atoms with van der Waals surface area (Å²) in [6.07, 6.45) is 9.81. The number of carbonyl (C=O) groups excluding carboxylic acids is 1. The first-order valence-corrected chi connectivity index (χ1v) is 9.88. The zero-order chi connectivity index (χ0) is 19.2. The maximum atomic E-state index is 12.8. The van der Waals surface area contributed by atoms with Crippen molar-refractivity contribution in [3.8, 4) is 22.8 Å². The van der Waals surface area contributed by atoms with Gasteiger partial charge in [0.1, 0.15) is 0 Å². The molecule has 0 saturated heterocycles.